The van der Waals surface area contributed by atoms with Gasteiger partial charge in [0, 0.05) is 26.2 Å². The van der Waals surface area contributed by atoms with Crippen LogP contribution in [0.4, 0.5) is 0 Å². The normalized spacial score (nSPS) is 19.1. The monoisotopic (exact) mass is 296 g/mol. The van der Waals surface area contributed by atoms with E-state index in [9.17, 15) is 4.79 Å². The topological polar surface area (TPSA) is 44.8 Å². The van der Waals surface area contributed by atoms with Gasteiger partial charge in [0.15, 0.2) is 0 Å². The average molecular weight is 296 g/mol. The minimum absolute atomic E-state index is 0.0502. The van der Waals surface area contributed by atoms with E-state index >= 15 is 0 Å². The number of amides is 1. The van der Waals surface area contributed by atoms with E-state index in [1.807, 2.05) is 30.3 Å². The summed E-state index contributed by atoms with van der Waals surface area (Å²) >= 11 is 0. The summed E-state index contributed by atoms with van der Waals surface area (Å²) in [5.74, 6) is -0.0502. The highest BCUT2D eigenvalue weighted by Gasteiger charge is 2.49. The Morgan fingerprint density at radius 3 is 2.45 bits per heavy atom. The van der Waals surface area contributed by atoms with Gasteiger partial charge in [0.05, 0.1) is 13.1 Å². The molecule has 0 aromatic heterocycles. The molecule has 1 aromatic rings. The van der Waals surface area contributed by atoms with Gasteiger partial charge in [-0.05, 0) is 12.1 Å². The molecule has 0 unspecified atom stereocenters. The number of likely N-dealkylation sites (N-methyl/N-ethyl adjacent to an activating group) is 2. The van der Waals surface area contributed by atoms with Crippen LogP contribution in [-0.4, -0.2) is 62.2 Å². The van der Waals surface area contributed by atoms with Crippen LogP contribution < -0.4 is 5.32 Å². The molecule has 1 aromatic carbocycles. The van der Waals surface area contributed by atoms with Gasteiger partial charge in [-0.1, -0.05) is 18.2 Å². The van der Waals surface area contributed by atoms with Crippen LogP contribution in [0.1, 0.15) is 10.4 Å². The van der Waals surface area contributed by atoms with E-state index in [0.717, 1.165) is 13.1 Å². The van der Waals surface area contributed by atoms with Crippen molar-refractivity contribution in [1.29, 1.82) is 0 Å². The van der Waals surface area contributed by atoms with Crippen LogP contribution in [0.25, 0.3) is 0 Å². The fourth-order valence-corrected chi connectivity index (χ4v) is 4.47. The number of carbonyl (C=O) groups is 1. The third kappa shape index (κ3) is 3.36. The van der Waals surface area contributed by atoms with Crippen molar-refractivity contribution in [3.05, 3.63) is 35.9 Å². The van der Waals surface area contributed by atoms with Crippen molar-refractivity contribution in [2.45, 2.75) is 0 Å². The number of rotatable bonds is 5. The van der Waals surface area contributed by atoms with Gasteiger partial charge >= 0.3 is 0 Å². The fraction of sp³-hybridized carbons (Fsp3) is 0.500. The van der Waals surface area contributed by atoms with Crippen molar-refractivity contribution in [1.82, 2.24) is 14.7 Å². The smallest absolute Gasteiger partial charge is 0.286 e. The van der Waals surface area contributed by atoms with Gasteiger partial charge < -0.3 is 5.32 Å². The van der Waals surface area contributed by atoms with Crippen LogP contribution in [0.2, 0.25) is 0 Å². The van der Waals surface area contributed by atoms with Crippen LogP contribution in [0, 0.1) is 0 Å². The molecule has 20 heavy (non-hydrogen) atoms. The van der Waals surface area contributed by atoms with E-state index in [2.05, 4.69) is 35.4 Å². The Kier molecular flexibility index (Phi) is 5.11. The van der Waals surface area contributed by atoms with Gasteiger partial charge in [0.2, 0.25) is 0 Å². The maximum Gasteiger partial charge on any atom is 0.286 e. The SMILES string of the molecule is CN1CCN(C)[P+]1(C)OCCNC(=O)c1ccccc1. The van der Waals surface area contributed by atoms with E-state index in [4.69, 9.17) is 4.52 Å². The second kappa shape index (κ2) is 6.64. The molecule has 0 radical (unpaired) electrons. The third-order valence-electron chi connectivity index (χ3n) is 3.77. The van der Waals surface area contributed by atoms with E-state index < -0.39 is 7.79 Å². The van der Waals surface area contributed by atoms with E-state index in [0.29, 0.717) is 18.7 Å². The fourth-order valence-electron chi connectivity index (χ4n) is 2.19. The molecule has 0 aliphatic carbocycles. The largest absolute Gasteiger partial charge is 0.350 e. The summed E-state index contributed by atoms with van der Waals surface area (Å²) in [4.78, 5) is 11.9. The number of carbonyl (C=O) groups excluding carboxylic acids is 1. The molecule has 2 rings (SSSR count). The highest BCUT2D eigenvalue weighted by Crippen LogP contribution is 2.63. The molecule has 0 saturated carbocycles. The first-order valence-corrected chi connectivity index (χ1v) is 8.87. The molecule has 1 saturated heterocycles. The second-order valence-corrected chi connectivity index (χ2v) is 8.35. The first kappa shape index (κ1) is 15.4. The summed E-state index contributed by atoms with van der Waals surface area (Å²) in [6.45, 7) is 5.32. The average Bonchev–Trinajstić information content (AvgIpc) is 2.72. The van der Waals surface area contributed by atoms with E-state index in [1.165, 1.54) is 0 Å². The first-order valence-electron chi connectivity index (χ1n) is 6.81. The van der Waals surface area contributed by atoms with Crippen molar-refractivity contribution in [2.24, 2.45) is 0 Å². The molecule has 0 atom stereocenters. The zero-order chi connectivity index (χ0) is 14.6. The summed E-state index contributed by atoms with van der Waals surface area (Å²) in [7, 11) is 2.58. The molecule has 0 spiro atoms. The van der Waals surface area contributed by atoms with Crippen LogP contribution >= 0.6 is 7.79 Å². The zero-order valence-electron chi connectivity index (χ0n) is 12.4. The quantitative estimate of drug-likeness (QED) is 0.663. The molecule has 110 valence electrons. The predicted octanol–water partition coefficient (Wildman–Crippen LogP) is 1.70. The summed E-state index contributed by atoms with van der Waals surface area (Å²) in [6.07, 6.45) is 0. The van der Waals surface area contributed by atoms with E-state index in [-0.39, 0.29) is 5.91 Å². The Morgan fingerprint density at radius 1 is 1.25 bits per heavy atom. The predicted molar refractivity (Wildman–Crippen MR) is 82.8 cm³/mol. The summed E-state index contributed by atoms with van der Waals surface area (Å²) < 4.78 is 10.6. The van der Waals surface area contributed by atoms with Gasteiger partial charge in [0.25, 0.3) is 13.7 Å². The van der Waals surface area contributed by atoms with Crippen molar-refractivity contribution in [3.63, 3.8) is 0 Å². The van der Waals surface area contributed by atoms with Crippen molar-refractivity contribution in [2.75, 3.05) is 47.0 Å². The van der Waals surface area contributed by atoms with Gasteiger partial charge in [0.1, 0.15) is 13.3 Å². The Labute approximate surface area is 121 Å². The molecule has 5 nitrogen and oxygen atoms in total. The molecule has 1 amide bonds. The van der Waals surface area contributed by atoms with Crippen molar-refractivity contribution in [3.8, 4) is 0 Å². The van der Waals surface area contributed by atoms with Crippen molar-refractivity contribution < 1.29 is 9.32 Å². The molecule has 0 bridgehead atoms. The van der Waals surface area contributed by atoms with Crippen LogP contribution in [0.5, 0.6) is 0 Å². The minimum atomic E-state index is -1.62. The number of hydrogen-bond acceptors (Lipinski definition) is 4. The lowest BCUT2D eigenvalue weighted by Crippen LogP contribution is -2.29. The summed E-state index contributed by atoms with van der Waals surface area (Å²) in [5.41, 5.74) is 0.684. The Bertz CT molecular complexity index is 445. The molecule has 1 heterocycles. The molecule has 1 fully saturated rings. The van der Waals surface area contributed by atoms with Gasteiger partial charge in [-0.15, -0.1) is 9.34 Å². The molecular weight excluding hydrogens is 273 g/mol. The second-order valence-electron chi connectivity index (χ2n) is 5.05. The van der Waals surface area contributed by atoms with Gasteiger partial charge in [-0.25, -0.2) is 0 Å². The number of nitrogens with zero attached hydrogens (tertiary/aromatic N) is 2. The van der Waals surface area contributed by atoms with Crippen LogP contribution in [0.15, 0.2) is 30.3 Å². The number of hydrogen-bond donors (Lipinski definition) is 1. The third-order valence-corrected chi connectivity index (χ3v) is 7.38. The lowest BCUT2D eigenvalue weighted by atomic mass is 10.2. The maximum absolute atomic E-state index is 11.9. The standard InChI is InChI=1S/C14H22N3O2P/c1-16-10-11-17(2)20(16,3)19-12-9-15-14(18)13-7-5-4-6-8-13/h4-8H,9-12H2,1-3H3/p+1. The molecule has 1 aliphatic rings. The van der Waals surface area contributed by atoms with Crippen LogP contribution in [-0.2, 0) is 4.52 Å². The minimum Gasteiger partial charge on any atom is -0.350 e. The van der Waals surface area contributed by atoms with Gasteiger partial charge in [-0.3, -0.25) is 4.79 Å². The van der Waals surface area contributed by atoms with Gasteiger partial charge in [-0.2, -0.15) is 4.52 Å². The Morgan fingerprint density at radius 2 is 1.85 bits per heavy atom. The molecule has 1 N–H and O–H groups in total. The zero-order valence-corrected chi connectivity index (χ0v) is 13.3. The Balaban J connectivity index is 1.76. The lowest BCUT2D eigenvalue weighted by molar-refractivity contribution is 0.0946. The first-order chi connectivity index (χ1) is 9.54. The lowest BCUT2D eigenvalue weighted by Gasteiger charge is -2.26. The van der Waals surface area contributed by atoms with Crippen molar-refractivity contribution >= 4 is 13.7 Å². The number of benzene rings is 1. The summed E-state index contributed by atoms with van der Waals surface area (Å²) in [6, 6.07) is 9.24. The molecule has 1 aliphatic heterocycles. The Hall–Kier alpha value is -1.00. The molecular formula is C14H23N3O2P+. The van der Waals surface area contributed by atoms with E-state index in [1.54, 1.807) is 0 Å². The highest BCUT2D eigenvalue weighted by atomic mass is 31.2. The number of nitrogens with one attached hydrogen (secondary N) is 1. The maximum atomic E-state index is 11.9. The molecule has 6 heteroatoms. The van der Waals surface area contributed by atoms with Crippen LogP contribution in [0.3, 0.4) is 0 Å². The highest BCUT2D eigenvalue weighted by molar-refractivity contribution is 7.66. The summed E-state index contributed by atoms with van der Waals surface area (Å²) in [5, 5.41) is 2.89.